The molecule has 5 N–H and O–H groups in total. The Balaban J connectivity index is 2.15. The maximum atomic E-state index is 11.2. The average molecular weight is 223 g/mol. The van der Waals surface area contributed by atoms with Crippen molar-refractivity contribution in [3.8, 4) is 5.75 Å². The predicted octanol–water partition coefficient (Wildman–Crippen LogP) is -0.532. The van der Waals surface area contributed by atoms with E-state index in [-0.39, 0.29) is 12.5 Å². The first kappa shape index (κ1) is 12.5. The quantitative estimate of drug-likeness (QED) is 0.565. The number of para-hydroxylation sites is 1. The fourth-order valence-corrected chi connectivity index (χ4v) is 1.10. The van der Waals surface area contributed by atoms with Crippen molar-refractivity contribution in [3.05, 3.63) is 30.3 Å². The van der Waals surface area contributed by atoms with Gasteiger partial charge in [0.1, 0.15) is 12.4 Å². The molecule has 1 atom stereocenters. The highest BCUT2D eigenvalue weighted by Gasteiger charge is 2.09. The van der Waals surface area contributed by atoms with Gasteiger partial charge in [0.2, 0.25) is 5.91 Å². The lowest BCUT2D eigenvalue weighted by Crippen LogP contribution is -2.46. The molecule has 88 valence electrons. The molecule has 0 aliphatic rings. The summed E-state index contributed by atoms with van der Waals surface area (Å²) in [6.45, 7) is 0.972. The van der Waals surface area contributed by atoms with Crippen molar-refractivity contribution in [1.29, 1.82) is 0 Å². The second kappa shape index (κ2) is 6.81. The number of hydrogen-bond donors (Lipinski definition) is 3. The van der Waals surface area contributed by atoms with Crippen molar-refractivity contribution in [2.45, 2.75) is 6.04 Å². The summed E-state index contributed by atoms with van der Waals surface area (Å²) in [7, 11) is 0. The minimum absolute atomic E-state index is 0.144. The van der Waals surface area contributed by atoms with E-state index in [1.165, 1.54) is 0 Å². The zero-order valence-electron chi connectivity index (χ0n) is 9.06. The monoisotopic (exact) mass is 223 g/mol. The van der Waals surface area contributed by atoms with Gasteiger partial charge in [-0.3, -0.25) is 4.79 Å². The van der Waals surface area contributed by atoms with Gasteiger partial charge < -0.3 is 21.5 Å². The van der Waals surface area contributed by atoms with Gasteiger partial charge in [0.15, 0.2) is 0 Å². The van der Waals surface area contributed by atoms with E-state index in [9.17, 15) is 4.79 Å². The van der Waals surface area contributed by atoms with Crippen LogP contribution in [-0.2, 0) is 4.79 Å². The van der Waals surface area contributed by atoms with Gasteiger partial charge in [0, 0.05) is 6.54 Å². The Bertz CT molecular complexity index is 316. The molecule has 0 aliphatic carbocycles. The Morgan fingerprint density at radius 2 is 2.06 bits per heavy atom. The summed E-state index contributed by atoms with van der Waals surface area (Å²) >= 11 is 0. The van der Waals surface area contributed by atoms with Crippen molar-refractivity contribution in [2.24, 2.45) is 11.5 Å². The van der Waals surface area contributed by atoms with E-state index in [1.807, 2.05) is 30.3 Å². The van der Waals surface area contributed by atoms with Crippen molar-refractivity contribution in [2.75, 3.05) is 19.7 Å². The molecule has 1 aromatic rings. The smallest absolute Gasteiger partial charge is 0.238 e. The van der Waals surface area contributed by atoms with Gasteiger partial charge in [-0.2, -0.15) is 0 Å². The van der Waals surface area contributed by atoms with Gasteiger partial charge in [-0.15, -0.1) is 0 Å². The van der Waals surface area contributed by atoms with Gasteiger partial charge in [0.05, 0.1) is 12.6 Å². The number of carbonyl (C=O) groups excluding carboxylic acids is 1. The molecule has 0 bridgehead atoms. The fourth-order valence-electron chi connectivity index (χ4n) is 1.10. The molecule has 0 radical (unpaired) electrons. The van der Waals surface area contributed by atoms with Crippen LogP contribution in [0.3, 0.4) is 0 Å². The molecule has 1 aromatic carbocycles. The molecule has 1 unspecified atom stereocenters. The molecule has 5 nitrogen and oxygen atoms in total. The van der Waals surface area contributed by atoms with Crippen molar-refractivity contribution >= 4 is 5.91 Å². The topological polar surface area (TPSA) is 90.4 Å². The Morgan fingerprint density at radius 1 is 1.38 bits per heavy atom. The predicted molar refractivity (Wildman–Crippen MR) is 62.0 cm³/mol. The summed E-state index contributed by atoms with van der Waals surface area (Å²) in [4.78, 5) is 11.2. The first-order valence-electron chi connectivity index (χ1n) is 5.15. The standard InChI is InChI=1S/C11H17N3O2/c12-8-10(13)11(15)14-6-7-16-9-4-2-1-3-5-9/h1-5,10H,6-8,12-13H2,(H,14,15). The van der Waals surface area contributed by atoms with Crippen LogP contribution in [0.15, 0.2) is 30.3 Å². The van der Waals surface area contributed by atoms with Crippen LogP contribution in [0.2, 0.25) is 0 Å². The van der Waals surface area contributed by atoms with Crippen molar-refractivity contribution < 1.29 is 9.53 Å². The molecular weight excluding hydrogens is 206 g/mol. The molecule has 0 saturated heterocycles. The summed E-state index contributed by atoms with van der Waals surface area (Å²) in [5.74, 6) is 0.527. The normalized spacial score (nSPS) is 11.9. The van der Waals surface area contributed by atoms with Gasteiger partial charge in [-0.05, 0) is 12.1 Å². The van der Waals surface area contributed by atoms with Crippen LogP contribution in [0.5, 0.6) is 5.75 Å². The number of ether oxygens (including phenoxy) is 1. The van der Waals surface area contributed by atoms with Crippen LogP contribution in [0, 0.1) is 0 Å². The highest BCUT2D eigenvalue weighted by atomic mass is 16.5. The third kappa shape index (κ3) is 4.29. The number of carbonyl (C=O) groups is 1. The minimum atomic E-state index is -0.642. The van der Waals surface area contributed by atoms with Crippen LogP contribution in [-0.4, -0.2) is 31.6 Å². The number of hydrogen-bond acceptors (Lipinski definition) is 4. The lowest BCUT2D eigenvalue weighted by atomic mass is 10.3. The average Bonchev–Trinajstić information content (AvgIpc) is 2.34. The van der Waals surface area contributed by atoms with E-state index >= 15 is 0 Å². The van der Waals surface area contributed by atoms with Gasteiger partial charge in [-0.25, -0.2) is 0 Å². The largest absolute Gasteiger partial charge is 0.492 e. The summed E-state index contributed by atoms with van der Waals surface area (Å²) in [6, 6.07) is 8.75. The summed E-state index contributed by atoms with van der Waals surface area (Å²) < 4.78 is 5.38. The third-order valence-corrected chi connectivity index (χ3v) is 2.00. The van der Waals surface area contributed by atoms with E-state index in [4.69, 9.17) is 16.2 Å². The second-order valence-corrected chi connectivity index (χ2v) is 3.29. The first-order valence-corrected chi connectivity index (χ1v) is 5.15. The summed E-state index contributed by atoms with van der Waals surface area (Å²) in [5, 5.41) is 2.63. The second-order valence-electron chi connectivity index (χ2n) is 3.29. The third-order valence-electron chi connectivity index (χ3n) is 2.00. The van der Waals surface area contributed by atoms with E-state index in [1.54, 1.807) is 0 Å². The Morgan fingerprint density at radius 3 is 2.69 bits per heavy atom. The molecule has 0 saturated carbocycles. The number of nitrogens with two attached hydrogens (primary N) is 2. The Labute approximate surface area is 94.8 Å². The van der Waals surface area contributed by atoms with E-state index in [0.29, 0.717) is 13.2 Å². The van der Waals surface area contributed by atoms with Crippen LogP contribution < -0.4 is 21.5 Å². The lowest BCUT2D eigenvalue weighted by molar-refractivity contribution is -0.122. The molecule has 0 fully saturated rings. The van der Waals surface area contributed by atoms with Crippen molar-refractivity contribution in [3.63, 3.8) is 0 Å². The van der Waals surface area contributed by atoms with Gasteiger partial charge in [0.25, 0.3) is 0 Å². The zero-order valence-corrected chi connectivity index (χ0v) is 9.06. The van der Waals surface area contributed by atoms with E-state index < -0.39 is 6.04 Å². The van der Waals surface area contributed by atoms with Gasteiger partial charge in [-0.1, -0.05) is 18.2 Å². The summed E-state index contributed by atoms with van der Waals surface area (Å²) in [5.41, 5.74) is 10.7. The number of benzene rings is 1. The van der Waals surface area contributed by atoms with Crippen molar-refractivity contribution in [1.82, 2.24) is 5.32 Å². The summed E-state index contributed by atoms with van der Waals surface area (Å²) in [6.07, 6.45) is 0. The number of rotatable bonds is 6. The SMILES string of the molecule is NCC(N)C(=O)NCCOc1ccccc1. The lowest BCUT2D eigenvalue weighted by Gasteiger charge is -2.10. The molecule has 5 heteroatoms. The maximum Gasteiger partial charge on any atom is 0.238 e. The molecule has 0 spiro atoms. The number of nitrogens with one attached hydrogen (secondary N) is 1. The van der Waals surface area contributed by atoms with Gasteiger partial charge >= 0.3 is 0 Å². The molecule has 0 aliphatic heterocycles. The van der Waals surface area contributed by atoms with Crippen LogP contribution >= 0.6 is 0 Å². The highest BCUT2D eigenvalue weighted by molar-refractivity contribution is 5.81. The Hall–Kier alpha value is -1.59. The van der Waals surface area contributed by atoms with Crippen LogP contribution in [0.4, 0.5) is 0 Å². The zero-order chi connectivity index (χ0) is 11.8. The highest BCUT2D eigenvalue weighted by Crippen LogP contribution is 2.07. The Kier molecular flexibility index (Phi) is 5.31. The number of amides is 1. The molecular formula is C11H17N3O2. The molecule has 1 amide bonds. The van der Waals surface area contributed by atoms with Crippen LogP contribution in [0.1, 0.15) is 0 Å². The molecule has 0 aromatic heterocycles. The van der Waals surface area contributed by atoms with Crippen LogP contribution in [0.25, 0.3) is 0 Å². The van der Waals surface area contributed by atoms with E-state index in [0.717, 1.165) is 5.75 Å². The fraction of sp³-hybridized carbons (Fsp3) is 0.364. The van der Waals surface area contributed by atoms with E-state index in [2.05, 4.69) is 5.32 Å². The minimum Gasteiger partial charge on any atom is -0.492 e. The molecule has 16 heavy (non-hydrogen) atoms. The molecule has 0 heterocycles. The molecule has 1 rings (SSSR count). The first-order chi connectivity index (χ1) is 7.74. The maximum absolute atomic E-state index is 11.2.